The molecule has 0 unspecified atom stereocenters. The first-order valence-corrected chi connectivity index (χ1v) is 9.38. The van der Waals surface area contributed by atoms with E-state index in [1.165, 1.54) is 11.3 Å². The summed E-state index contributed by atoms with van der Waals surface area (Å²) in [6, 6.07) is 7.18. The number of benzene rings is 1. The summed E-state index contributed by atoms with van der Waals surface area (Å²) in [5.74, 6) is 0.266. The van der Waals surface area contributed by atoms with E-state index in [0.717, 1.165) is 48.0 Å². The molecule has 0 saturated heterocycles. The van der Waals surface area contributed by atoms with Gasteiger partial charge in [0.1, 0.15) is 5.75 Å². The van der Waals surface area contributed by atoms with Crippen molar-refractivity contribution in [2.45, 2.75) is 24.7 Å². The molecule has 0 atom stereocenters. The van der Waals surface area contributed by atoms with Crippen molar-refractivity contribution in [3.05, 3.63) is 53.5 Å². The zero-order valence-corrected chi connectivity index (χ0v) is 14.8. The molecule has 128 valence electrons. The van der Waals surface area contributed by atoms with Crippen LogP contribution in [0.2, 0.25) is 0 Å². The van der Waals surface area contributed by atoms with E-state index in [9.17, 15) is 5.11 Å². The molecule has 3 heterocycles. The van der Waals surface area contributed by atoms with E-state index in [1.807, 2.05) is 30.8 Å². The highest BCUT2D eigenvalue weighted by Gasteiger charge is 2.20. The SMILES string of the molecule is CSc1ncc2c(n1)CCN(Cc1cn[nH]c1-c1ccc(O)cc1)C2. The fourth-order valence-electron chi connectivity index (χ4n) is 3.14. The highest BCUT2D eigenvalue weighted by molar-refractivity contribution is 7.98. The van der Waals surface area contributed by atoms with Crippen molar-refractivity contribution in [3.63, 3.8) is 0 Å². The number of thioether (sulfide) groups is 1. The molecule has 6 nitrogen and oxygen atoms in total. The molecule has 0 bridgehead atoms. The monoisotopic (exact) mass is 353 g/mol. The first kappa shape index (κ1) is 16.1. The summed E-state index contributed by atoms with van der Waals surface area (Å²) < 4.78 is 0. The van der Waals surface area contributed by atoms with Crippen LogP contribution in [0.3, 0.4) is 0 Å². The van der Waals surface area contributed by atoms with Crippen LogP contribution in [0.25, 0.3) is 11.3 Å². The Bertz CT molecular complexity index is 877. The van der Waals surface area contributed by atoms with Gasteiger partial charge in [-0.15, -0.1) is 0 Å². The Morgan fingerprint density at radius 3 is 2.88 bits per heavy atom. The smallest absolute Gasteiger partial charge is 0.187 e. The Kier molecular flexibility index (Phi) is 4.42. The molecule has 1 aliphatic rings. The first-order valence-electron chi connectivity index (χ1n) is 8.15. The van der Waals surface area contributed by atoms with Crippen LogP contribution in [0, 0.1) is 0 Å². The second-order valence-electron chi connectivity index (χ2n) is 6.11. The molecule has 0 radical (unpaired) electrons. The average Bonchev–Trinajstić information content (AvgIpc) is 3.10. The Hall–Kier alpha value is -2.38. The number of aromatic nitrogens is 4. The van der Waals surface area contributed by atoms with Gasteiger partial charge in [0.15, 0.2) is 5.16 Å². The number of hydrogen-bond acceptors (Lipinski definition) is 6. The molecule has 1 aliphatic heterocycles. The van der Waals surface area contributed by atoms with Crippen LogP contribution in [0.15, 0.2) is 41.8 Å². The van der Waals surface area contributed by atoms with Crippen molar-refractivity contribution in [2.24, 2.45) is 0 Å². The number of hydrogen-bond donors (Lipinski definition) is 2. The lowest BCUT2D eigenvalue weighted by Crippen LogP contribution is -2.31. The highest BCUT2D eigenvalue weighted by atomic mass is 32.2. The van der Waals surface area contributed by atoms with E-state index in [0.29, 0.717) is 0 Å². The molecule has 7 heteroatoms. The summed E-state index contributed by atoms with van der Waals surface area (Å²) in [5.41, 5.74) is 5.55. The predicted molar refractivity (Wildman–Crippen MR) is 97.3 cm³/mol. The summed E-state index contributed by atoms with van der Waals surface area (Å²) in [4.78, 5) is 11.4. The standard InChI is InChI=1S/C18H19N5OS/c1-25-18-19-8-13-10-23(7-6-16(13)21-18)11-14-9-20-22-17(14)12-2-4-15(24)5-3-12/h2-5,8-9,24H,6-7,10-11H2,1H3,(H,20,22). The third-order valence-electron chi connectivity index (χ3n) is 4.44. The molecular weight excluding hydrogens is 334 g/mol. The number of nitrogens with one attached hydrogen (secondary N) is 1. The number of rotatable bonds is 4. The van der Waals surface area contributed by atoms with E-state index in [4.69, 9.17) is 0 Å². The molecule has 1 aromatic carbocycles. The summed E-state index contributed by atoms with van der Waals surface area (Å²) in [7, 11) is 0. The van der Waals surface area contributed by atoms with Crippen LogP contribution >= 0.6 is 11.8 Å². The van der Waals surface area contributed by atoms with E-state index >= 15 is 0 Å². The number of nitrogens with zero attached hydrogens (tertiary/aromatic N) is 4. The number of aromatic hydroxyl groups is 1. The molecule has 0 spiro atoms. The van der Waals surface area contributed by atoms with E-state index in [1.54, 1.807) is 23.9 Å². The van der Waals surface area contributed by atoms with Crippen molar-refractivity contribution in [2.75, 3.05) is 12.8 Å². The van der Waals surface area contributed by atoms with E-state index in [-0.39, 0.29) is 5.75 Å². The van der Waals surface area contributed by atoms with Gasteiger partial charge in [0, 0.05) is 48.9 Å². The van der Waals surface area contributed by atoms with Gasteiger partial charge >= 0.3 is 0 Å². The average molecular weight is 353 g/mol. The number of aromatic amines is 1. The summed E-state index contributed by atoms with van der Waals surface area (Å²) in [5, 5.41) is 17.6. The van der Waals surface area contributed by atoms with Crippen molar-refractivity contribution in [1.82, 2.24) is 25.1 Å². The maximum absolute atomic E-state index is 9.47. The predicted octanol–water partition coefficient (Wildman–Crippen LogP) is 2.85. The lowest BCUT2D eigenvalue weighted by atomic mass is 10.0. The highest BCUT2D eigenvalue weighted by Crippen LogP contribution is 2.26. The fraction of sp³-hybridized carbons (Fsp3) is 0.278. The summed E-state index contributed by atoms with van der Waals surface area (Å²) in [6.07, 6.45) is 6.78. The number of fused-ring (bicyclic) bond motifs is 1. The van der Waals surface area contributed by atoms with Gasteiger partial charge in [-0.25, -0.2) is 9.97 Å². The van der Waals surface area contributed by atoms with E-state index < -0.39 is 0 Å². The summed E-state index contributed by atoms with van der Waals surface area (Å²) >= 11 is 1.58. The minimum absolute atomic E-state index is 0.266. The zero-order valence-electron chi connectivity index (χ0n) is 13.9. The molecule has 4 rings (SSSR count). The Morgan fingerprint density at radius 2 is 2.08 bits per heavy atom. The van der Waals surface area contributed by atoms with Gasteiger partial charge in [-0.3, -0.25) is 10.00 Å². The Balaban J connectivity index is 1.52. The molecule has 2 N–H and O–H groups in total. The molecule has 25 heavy (non-hydrogen) atoms. The second-order valence-corrected chi connectivity index (χ2v) is 6.88. The number of H-pyrrole nitrogens is 1. The van der Waals surface area contributed by atoms with Crippen LogP contribution in [-0.4, -0.2) is 43.0 Å². The van der Waals surface area contributed by atoms with Crippen LogP contribution in [0.5, 0.6) is 5.75 Å². The number of phenolic OH excluding ortho intramolecular Hbond substituents is 1. The van der Waals surface area contributed by atoms with Gasteiger partial charge < -0.3 is 5.11 Å². The van der Waals surface area contributed by atoms with Gasteiger partial charge in [-0.05, 0) is 30.5 Å². The third-order valence-corrected chi connectivity index (χ3v) is 5.00. The van der Waals surface area contributed by atoms with Gasteiger partial charge in [-0.1, -0.05) is 11.8 Å². The molecular formula is C18H19N5OS. The maximum Gasteiger partial charge on any atom is 0.187 e. The van der Waals surface area contributed by atoms with Crippen molar-refractivity contribution in [1.29, 1.82) is 0 Å². The maximum atomic E-state index is 9.47. The van der Waals surface area contributed by atoms with Crippen molar-refractivity contribution >= 4 is 11.8 Å². The molecule has 2 aromatic heterocycles. The van der Waals surface area contributed by atoms with Gasteiger partial charge in [0.05, 0.1) is 17.6 Å². The lowest BCUT2D eigenvalue weighted by Gasteiger charge is -2.27. The minimum atomic E-state index is 0.266. The Morgan fingerprint density at radius 1 is 1.24 bits per heavy atom. The van der Waals surface area contributed by atoms with Crippen molar-refractivity contribution < 1.29 is 5.11 Å². The van der Waals surface area contributed by atoms with Gasteiger partial charge in [0.25, 0.3) is 0 Å². The van der Waals surface area contributed by atoms with Crippen LogP contribution < -0.4 is 0 Å². The fourth-order valence-corrected chi connectivity index (χ4v) is 3.50. The minimum Gasteiger partial charge on any atom is -0.508 e. The summed E-state index contributed by atoms with van der Waals surface area (Å²) in [6.45, 7) is 2.64. The zero-order chi connectivity index (χ0) is 17.2. The second kappa shape index (κ2) is 6.85. The van der Waals surface area contributed by atoms with Crippen LogP contribution in [0.1, 0.15) is 16.8 Å². The van der Waals surface area contributed by atoms with Gasteiger partial charge in [-0.2, -0.15) is 5.10 Å². The molecule has 0 fully saturated rings. The van der Waals surface area contributed by atoms with Crippen LogP contribution in [0.4, 0.5) is 0 Å². The van der Waals surface area contributed by atoms with E-state index in [2.05, 4.69) is 25.1 Å². The topological polar surface area (TPSA) is 77.9 Å². The molecule has 3 aromatic rings. The number of phenols is 1. The van der Waals surface area contributed by atoms with Gasteiger partial charge in [0.2, 0.25) is 0 Å². The molecule has 0 amide bonds. The normalized spacial score (nSPS) is 14.4. The first-order chi connectivity index (χ1) is 12.2. The van der Waals surface area contributed by atoms with Crippen LogP contribution in [-0.2, 0) is 19.5 Å². The lowest BCUT2D eigenvalue weighted by molar-refractivity contribution is 0.242. The largest absolute Gasteiger partial charge is 0.508 e. The third kappa shape index (κ3) is 3.38. The quantitative estimate of drug-likeness (QED) is 0.555. The molecule has 0 aliphatic carbocycles. The van der Waals surface area contributed by atoms with Crippen molar-refractivity contribution in [3.8, 4) is 17.0 Å². The molecule has 0 saturated carbocycles. The Labute approximate surface area is 150 Å².